The van der Waals surface area contributed by atoms with Crippen LogP contribution in [0.25, 0.3) is 0 Å². The summed E-state index contributed by atoms with van der Waals surface area (Å²) in [5.74, 6) is -1.46. The van der Waals surface area contributed by atoms with Crippen LogP contribution in [-0.4, -0.2) is 41.0 Å². The summed E-state index contributed by atoms with van der Waals surface area (Å²) < 4.78 is 5.02. The highest BCUT2D eigenvalue weighted by Gasteiger charge is 2.45. The van der Waals surface area contributed by atoms with Crippen LogP contribution in [0.15, 0.2) is 40.5 Å². The first-order valence-corrected chi connectivity index (χ1v) is 7.61. The van der Waals surface area contributed by atoms with Gasteiger partial charge >= 0.3 is 5.97 Å². The van der Waals surface area contributed by atoms with E-state index in [1.54, 1.807) is 26.0 Å². The van der Waals surface area contributed by atoms with Gasteiger partial charge in [-0.25, -0.2) is 4.79 Å². The van der Waals surface area contributed by atoms with Crippen molar-refractivity contribution in [1.29, 1.82) is 0 Å². The molecule has 128 valence electrons. The molecule has 2 unspecified atom stereocenters. The van der Waals surface area contributed by atoms with Crippen molar-refractivity contribution in [2.75, 3.05) is 13.2 Å². The fourth-order valence-corrected chi connectivity index (χ4v) is 3.04. The molecule has 1 aliphatic rings. The summed E-state index contributed by atoms with van der Waals surface area (Å²) in [4.78, 5) is 27.9. The Morgan fingerprint density at radius 3 is 2.58 bits per heavy atom. The summed E-state index contributed by atoms with van der Waals surface area (Å²) in [6.07, 6.45) is 0. The molecule has 1 heterocycles. The summed E-state index contributed by atoms with van der Waals surface area (Å²) in [5, 5.41) is 20.5. The number of aliphatic hydroxyl groups excluding tert-OH is 1. The molecule has 0 radical (unpaired) electrons. The number of rotatable bonds is 5. The molecule has 2 atom stereocenters. The van der Waals surface area contributed by atoms with Gasteiger partial charge in [0, 0.05) is 10.6 Å². The normalized spacial score (nSPS) is 20.6. The SMILES string of the molecule is CC1=NC(C)=C(C(=O)OCCO)C(c2ccccc2C)C1[N+](=O)[O-]. The molecule has 7 nitrogen and oxygen atoms in total. The predicted octanol–water partition coefficient (Wildman–Crippen LogP) is 2.01. The summed E-state index contributed by atoms with van der Waals surface area (Å²) in [5.41, 5.74) is 2.48. The van der Waals surface area contributed by atoms with E-state index in [9.17, 15) is 14.9 Å². The molecular formula is C17H20N2O5. The van der Waals surface area contributed by atoms with Gasteiger partial charge in [0.05, 0.1) is 23.8 Å². The number of aryl methyl sites for hydroxylation is 1. The summed E-state index contributed by atoms with van der Waals surface area (Å²) in [6, 6.07) is 6.11. The lowest BCUT2D eigenvalue weighted by Crippen LogP contribution is -2.40. The van der Waals surface area contributed by atoms with Crippen molar-refractivity contribution in [3.8, 4) is 0 Å². The van der Waals surface area contributed by atoms with Crippen LogP contribution >= 0.6 is 0 Å². The average molecular weight is 332 g/mol. The van der Waals surface area contributed by atoms with Gasteiger partial charge in [-0.05, 0) is 31.9 Å². The van der Waals surface area contributed by atoms with E-state index in [-0.39, 0.29) is 18.8 Å². The van der Waals surface area contributed by atoms with Crippen molar-refractivity contribution in [3.05, 3.63) is 56.8 Å². The number of ether oxygens (including phenoxy) is 1. The zero-order valence-corrected chi connectivity index (χ0v) is 13.9. The monoisotopic (exact) mass is 332 g/mol. The van der Waals surface area contributed by atoms with Crippen molar-refractivity contribution in [1.82, 2.24) is 0 Å². The lowest BCUT2D eigenvalue weighted by Gasteiger charge is -2.28. The lowest BCUT2D eigenvalue weighted by molar-refractivity contribution is -0.505. The number of benzene rings is 1. The number of aliphatic imine (C=N–C) groups is 1. The van der Waals surface area contributed by atoms with Crippen LogP contribution in [0.5, 0.6) is 0 Å². The van der Waals surface area contributed by atoms with E-state index in [4.69, 9.17) is 9.84 Å². The molecule has 0 saturated heterocycles. The lowest BCUT2D eigenvalue weighted by atomic mass is 9.78. The Morgan fingerprint density at radius 1 is 1.33 bits per heavy atom. The highest BCUT2D eigenvalue weighted by molar-refractivity contribution is 5.98. The first-order chi connectivity index (χ1) is 11.4. The van der Waals surface area contributed by atoms with Crippen LogP contribution in [0.1, 0.15) is 30.9 Å². The standard InChI is InChI=1S/C17H20N2O5/c1-10-6-4-5-7-13(10)15-14(17(21)24-9-8-20)11(2)18-12(3)16(15)19(22)23/h4-7,15-16,20H,8-9H2,1-3H3. The Labute approximate surface area is 139 Å². The molecule has 0 aliphatic carbocycles. The zero-order chi connectivity index (χ0) is 17.9. The molecule has 2 rings (SSSR count). The van der Waals surface area contributed by atoms with Crippen molar-refractivity contribution in [2.24, 2.45) is 4.99 Å². The smallest absolute Gasteiger partial charge is 0.336 e. The molecule has 1 N–H and O–H groups in total. The number of aliphatic hydroxyl groups is 1. The van der Waals surface area contributed by atoms with Crippen LogP contribution in [0.2, 0.25) is 0 Å². The molecule has 7 heteroatoms. The Kier molecular flexibility index (Phi) is 5.46. The highest BCUT2D eigenvalue weighted by atomic mass is 16.6. The van der Waals surface area contributed by atoms with Crippen LogP contribution in [0.3, 0.4) is 0 Å². The molecule has 0 amide bonds. The summed E-state index contributed by atoms with van der Waals surface area (Å²) >= 11 is 0. The van der Waals surface area contributed by atoms with Gasteiger partial charge in [0.2, 0.25) is 0 Å². The molecule has 24 heavy (non-hydrogen) atoms. The van der Waals surface area contributed by atoms with Crippen molar-refractivity contribution >= 4 is 11.7 Å². The maximum Gasteiger partial charge on any atom is 0.336 e. The Morgan fingerprint density at radius 2 is 2.00 bits per heavy atom. The topological polar surface area (TPSA) is 102 Å². The quantitative estimate of drug-likeness (QED) is 0.505. The van der Waals surface area contributed by atoms with E-state index in [1.807, 2.05) is 19.1 Å². The van der Waals surface area contributed by atoms with Gasteiger partial charge in [-0.1, -0.05) is 24.3 Å². The minimum absolute atomic E-state index is 0.165. The highest BCUT2D eigenvalue weighted by Crippen LogP contribution is 2.38. The maximum atomic E-state index is 12.5. The first kappa shape index (κ1) is 17.8. The van der Waals surface area contributed by atoms with Crippen LogP contribution in [0.4, 0.5) is 0 Å². The third-order valence-corrected chi connectivity index (χ3v) is 4.08. The third-order valence-electron chi connectivity index (χ3n) is 4.08. The Bertz CT molecular complexity index is 723. The molecule has 1 aromatic carbocycles. The van der Waals surface area contributed by atoms with Gasteiger partial charge < -0.3 is 9.84 Å². The number of nitrogens with zero attached hydrogens (tertiary/aromatic N) is 2. The van der Waals surface area contributed by atoms with E-state index in [0.717, 1.165) is 5.56 Å². The molecule has 0 spiro atoms. The van der Waals surface area contributed by atoms with Gasteiger partial charge in [-0.15, -0.1) is 0 Å². The largest absolute Gasteiger partial charge is 0.460 e. The molecule has 0 aromatic heterocycles. The fourth-order valence-electron chi connectivity index (χ4n) is 3.04. The van der Waals surface area contributed by atoms with E-state index in [0.29, 0.717) is 17.0 Å². The predicted molar refractivity (Wildman–Crippen MR) is 88.6 cm³/mol. The van der Waals surface area contributed by atoms with Crippen molar-refractivity contribution in [3.63, 3.8) is 0 Å². The van der Waals surface area contributed by atoms with Crippen molar-refractivity contribution < 1.29 is 19.6 Å². The number of nitro groups is 1. The Balaban J connectivity index is 2.61. The number of allylic oxidation sites excluding steroid dienone is 1. The maximum absolute atomic E-state index is 12.5. The van der Waals surface area contributed by atoms with Gasteiger partial charge in [0.1, 0.15) is 6.61 Å². The summed E-state index contributed by atoms with van der Waals surface area (Å²) in [6.45, 7) is 4.61. The molecule has 0 fully saturated rings. The fraction of sp³-hybridized carbons (Fsp3) is 0.412. The molecular weight excluding hydrogens is 312 g/mol. The number of hydrogen-bond acceptors (Lipinski definition) is 6. The van der Waals surface area contributed by atoms with Crippen LogP contribution in [0, 0.1) is 17.0 Å². The molecule has 0 saturated carbocycles. The minimum Gasteiger partial charge on any atom is -0.460 e. The van der Waals surface area contributed by atoms with Crippen LogP contribution < -0.4 is 0 Å². The third kappa shape index (κ3) is 3.35. The second-order valence-electron chi connectivity index (χ2n) is 5.68. The molecule has 0 bridgehead atoms. The van der Waals surface area contributed by atoms with E-state index in [2.05, 4.69) is 4.99 Å². The van der Waals surface area contributed by atoms with Crippen molar-refractivity contribution in [2.45, 2.75) is 32.7 Å². The second kappa shape index (κ2) is 7.35. The minimum atomic E-state index is -1.13. The molecule has 1 aliphatic heterocycles. The first-order valence-electron chi connectivity index (χ1n) is 7.61. The average Bonchev–Trinajstić information content (AvgIpc) is 2.52. The van der Waals surface area contributed by atoms with Gasteiger partial charge in [-0.3, -0.25) is 15.1 Å². The van der Waals surface area contributed by atoms with E-state index < -0.39 is 22.9 Å². The second-order valence-corrected chi connectivity index (χ2v) is 5.68. The zero-order valence-electron chi connectivity index (χ0n) is 13.9. The number of carbonyl (C=O) groups is 1. The van der Waals surface area contributed by atoms with E-state index >= 15 is 0 Å². The van der Waals surface area contributed by atoms with Gasteiger partial charge in [0.15, 0.2) is 0 Å². The van der Waals surface area contributed by atoms with Gasteiger partial charge in [-0.2, -0.15) is 0 Å². The summed E-state index contributed by atoms with van der Waals surface area (Å²) in [7, 11) is 0. The van der Waals surface area contributed by atoms with Crippen LogP contribution in [-0.2, 0) is 9.53 Å². The van der Waals surface area contributed by atoms with E-state index in [1.165, 1.54) is 0 Å². The molecule has 1 aromatic rings. The number of esters is 1. The Hall–Kier alpha value is -2.54. The number of carbonyl (C=O) groups excluding carboxylic acids is 1. The number of hydrogen-bond donors (Lipinski definition) is 1. The van der Waals surface area contributed by atoms with Gasteiger partial charge in [0.25, 0.3) is 6.04 Å².